The van der Waals surface area contributed by atoms with Gasteiger partial charge in [-0.1, -0.05) is 0 Å². The summed E-state index contributed by atoms with van der Waals surface area (Å²) in [5.74, 6) is 0.541. The Bertz CT molecular complexity index is 655. The number of carbonyl (C=O) groups is 2. The predicted molar refractivity (Wildman–Crippen MR) is 87.7 cm³/mol. The fourth-order valence-electron chi connectivity index (χ4n) is 3.22. The number of hydrogen-bond donors (Lipinski definition) is 1. The minimum absolute atomic E-state index is 0.328. The molecule has 1 spiro atoms. The van der Waals surface area contributed by atoms with Crippen molar-refractivity contribution in [3.8, 4) is 0 Å². The summed E-state index contributed by atoms with van der Waals surface area (Å²) < 4.78 is 11.1. The van der Waals surface area contributed by atoms with Crippen molar-refractivity contribution in [1.29, 1.82) is 0 Å². The van der Waals surface area contributed by atoms with Crippen LogP contribution in [0.3, 0.4) is 0 Å². The quantitative estimate of drug-likeness (QED) is 0.788. The normalized spacial score (nSPS) is 23.8. The number of aromatic nitrogens is 1. The maximum Gasteiger partial charge on any atom is 0.413 e. The minimum Gasteiger partial charge on any atom is -0.444 e. The Morgan fingerprint density at radius 3 is 2.92 bits per heavy atom. The lowest BCUT2D eigenvalue weighted by molar-refractivity contribution is -0.00318. The van der Waals surface area contributed by atoms with Crippen LogP contribution in [0.5, 0.6) is 0 Å². The summed E-state index contributed by atoms with van der Waals surface area (Å²) in [6.45, 7) is 6.59. The van der Waals surface area contributed by atoms with Gasteiger partial charge in [0.15, 0.2) is 0 Å². The molecule has 1 N–H and O–H groups in total. The molecular weight excluding hydrogens is 310 g/mol. The molecule has 2 aliphatic rings. The second-order valence-corrected chi connectivity index (χ2v) is 7.23. The van der Waals surface area contributed by atoms with E-state index in [4.69, 9.17) is 9.47 Å². The van der Waals surface area contributed by atoms with Crippen molar-refractivity contribution in [2.24, 2.45) is 0 Å². The lowest BCUT2D eigenvalue weighted by Crippen LogP contribution is -2.42. The van der Waals surface area contributed by atoms with E-state index in [0.717, 1.165) is 12.0 Å². The maximum absolute atomic E-state index is 12.3. The van der Waals surface area contributed by atoms with Crippen LogP contribution in [0, 0.1) is 0 Å². The van der Waals surface area contributed by atoms with Crippen LogP contribution in [0.2, 0.25) is 0 Å². The molecule has 130 valence electrons. The zero-order valence-electron chi connectivity index (χ0n) is 14.3. The van der Waals surface area contributed by atoms with Crippen LogP contribution in [0.1, 0.15) is 45.6 Å². The van der Waals surface area contributed by atoms with E-state index in [1.807, 2.05) is 32.9 Å². The van der Waals surface area contributed by atoms with Gasteiger partial charge < -0.3 is 14.4 Å². The number of nitrogens with one attached hydrogen (secondary N) is 1. The predicted octanol–water partition coefficient (Wildman–Crippen LogP) is 3.26. The molecule has 1 aromatic rings. The van der Waals surface area contributed by atoms with E-state index in [1.54, 1.807) is 11.1 Å². The molecule has 3 rings (SSSR count). The topological polar surface area (TPSA) is 80.8 Å². The van der Waals surface area contributed by atoms with Crippen molar-refractivity contribution in [2.75, 3.05) is 18.4 Å². The monoisotopic (exact) mass is 333 g/mol. The lowest BCUT2D eigenvalue weighted by atomic mass is 9.86. The third-order valence-electron chi connectivity index (χ3n) is 4.25. The summed E-state index contributed by atoms with van der Waals surface area (Å²) in [5.41, 5.74) is -0.391. The van der Waals surface area contributed by atoms with Crippen molar-refractivity contribution in [3.63, 3.8) is 0 Å². The highest BCUT2D eigenvalue weighted by Gasteiger charge is 2.44. The van der Waals surface area contributed by atoms with Crippen LogP contribution in [-0.4, -0.2) is 40.8 Å². The number of likely N-dealkylation sites (tertiary alicyclic amines) is 1. The van der Waals surface area contributed by atoms with Crippen molar-refractivity contribution >= 4 is 18.0 Å². The molecule has 0 aliphatic carbocycles. The van der Waals surface area contributed by atoms with Gasteiger partial charge >= 0.3 is 12.2 Å². The van der Waals surface area contributed by atoms with E-state index >= 15 is 0 Å². The zero-order valence-corrected chi connectivity index (χ0v) is 14.3. The summed E-state index contributed by atoms with van der Waals surface area (Å²) in [7, 11) is 0. The molecule has 2 aliphatic heterocycles. The molecular formula is C17H23N3O4. The van der Waals surface area contributed by atoms with E-state index in [1.165, 1.54) is 0 Å². The summed E-state index contributed by atoms with van der Waals surface area (Å²) in [6.07, 6.45) is 2.72. The lowest BCUT2D eigenvalue weighted by Gasteiger charge is -2.37. The minimum atomic E-state index is -0.733. The first kappa shape index (κ1) is 16.5. The number of pyridine rings is 1. The Balaban J connectivity index is 1.80. The van der Waals surface area contributed by atoms with Crippen molar-refractivity contribution < 1.29 is 19.1 Å². The second kappa shape index (κ2) is 5.96. The van der Waals surface area contributed by atoms with Crippen LogP contribution in [0.4, 0.5) is 15.4 Å². The van der Waals surface area contributed by atoms with Gasteiger partial charge in [0.2, 0.25) is 0 Å². The summed E-state index contributed by atoms with van der Waals surface area (Å²) in [6, 6.07) is 3.75. The summed E-state index contributed by atoms with van der Waals surface area (Å²) in [4.78, 5) is 30.2. The largest absolute Gasteiger partial charge is 0.444 e. The summed E-state index contributed by atoms with van der Waals surface area (Å²) >= 11 is 0. The van der Waals surface area contributed by atoms with Crippen LogP contribution >= 0.6 is 0 Å². The highest BCUT2D eigenvalue weighted by molar-refractivity contribution is 5.87. The Morgan fingerprint density at radius 1 is 1.38 bits per heavy atom. The van der Waals surface area contributed by atoms with Crippen LogP contribution < -0.4 is 5.32 Å². The number of hydrogen-bond acceptors (Lipinski definition) is 5. The highest BCUT2D eigenvalue weighted by Crippen LogP contribution is 2.42. The standard InChI is InChI=1S/C17H23N3O4/c1-16(2,3)24-15(22)20-10-5-7-17(8-11-20)12-6-4-9-18-13(12)19-14(21)23-17/h4,6,9H,5,7-8,10-11H2,1-3H3,(H,18,19,21)/t17-/m0/s1. The third kappa shape index (κ3) is 3.29. The number of anilines is 1. The number of carbonyl (C=O) groups excluding carboxylic acids is 2. The van der Waals surface area contributed by atoms with Gasteiger partial charge in [0, 0.05) is 31.3 Å². The van der Waals surface area contributed by atoms with Gasteiger partial charge in [0.25, 0.3) is 0 Å². The second-order valence-electron chi connectivity index (χ2n) is 7.23. The average molecular weight is 333 g/mol. The van der Waals surface area contributed by atoms with Gasteiger partial charge in [0.05, 0.1) is 0 Å². The molecule has 0 aromatic carbocycles. The molecule has 2 amide bonds. The molecule has 7 nitrogen and oxygen atoms in total. The first-order valence-electron chi connectivity index (χ1n) is 8.23. The average Bonchev–Trinajstić information content (AvgIpc) is 2.69. The number of amides is 2. The summed E-state index contributed by atoms with van der Waals surface area (Å²) in [5, 5.41) is 2.64. The SMILES string of the molecule is CC(C)(C)OC(=O)N1CCC[C@@]2(CC1)OC(=O)Nc1ncccc12. The van der Waals surface area contributed by atoms with E-state index in [-0.39, 0.29) is 6.09 Å². The molecule has 3 heterocycles. The molecule has 0 bridgehead atoms. The molecule has 0 saturated carbocycles. The molecule has 7 heteroatoms. The number of fused-ring (bicyclic) bond motifs is 2. The fraction of sp³-hybridized carbons (Fsp3) is 0.588. The van der Waals surface area contributed by atoms with Gasteiger partial charge in [-0.3, -0.25) is 5.32 Å². The molecule has 0 radical (unpaired) electrons. The maximum atomic E-state index is 12.3. The Kier molecular flexibility index (Phi) is 4.11. The Hall–Kier alpha value is -2.31. The van der Waals surface area contributed by atoms with E-state index in [2.05, 4.69) is 10.3 Å². The van der Waals surface area contributed by atoms with E-state index in [9.17, 15) is 9.59 Å². The number of ether oxygens (including phenoxy) is 2. The molecule has 1 fully saturated rings. The van der Waals surface area contributed by atoms with Gasteiger partial charge in [-0.05, 0) is 45.7 Å². The Morgan fingerprint density at radius 2 is 2.17 bits per heavy atom. The van der Waals surface area contributed by atoms with Crippen molar-refractivity contribution in [1.82, 2.24) is 9.88 Å². The van der Waals surface area contributed by atoms with Crippen molar-refractivity contribution in [3.05, 3.63) is 23.9 Å². The fourth-order valence-corrected chi connectivity index (χ4v) is 3.22. The van der Waals surface area contributed by atoms with Crippen LogP contribution in [-0.2, 0) is 15.1 Å². The van der Waals surface area contributed by atoms with E-state index < -0.39 is 17.3 Å². The van der Waals surface area contributed by atoms with E-state index in [0.29, 0.717) is 31.7 Å². The number of rotatable bonds is 0. The van der Waals surface area contributed by atoms with Gasteiger partial charge in [-0.15, -0.1) is 0 Å². The smallest absolute Gasteiger partial charge is 0.413 e. The van der Waals surface area contributed by atoms with Gasteiger partial charge in [0.1, 0.15) is 17.0 Å². The first-order valence-corrected chi connectivity index (χ1v) is 8.23. The van der Waals surface area contributed by atoms with Crippen LogP contribution in [0.25, 0.3) is 0 Å². The molecule has 24 heavy (non-hydrogen) atoms. The van der Waals surface area contributed by atoms with Gasteiger partial charge in [-0.25, -0.2) is 14.6 Å². The van der Waals surface area contributed by atoms with Crippen molar-refractivity contribution in [2.45, 2.75) is 51.2 Å². The molecule has 1 atom stereocenters. The first-order chi connectivity index (χ1) is 11.3. The highest BCUT2D eigenvalue weighted by atomic mass is 16.6. The molecule has 0 unspecified atom stereocenters. The zero-order chi connectivity index (χ0) is 17.4. The molecule has 1 aromatic heterocycles. The van der Waals surface area contributed by atoms with Crippen LogP contribution in [0.15, 0.2) is 18.3 Å². The molecule has 1 saturated heterocycles. The Labute approximate surface area is 141 Å². The third-order valence-corrected chi connectivity index (χ3v) is 4.25. The number of nitrogens with zero attached hydrogens (tertiary/aromatic N) is 2. The van der Waals surface area contributed by atoms with Gasteiger partial charge in [-0.2, -0.15) is 0 Å².